The van der Waals surface area contributed by atoms with Crippen molar-refractivity contribution < 1.29 is 4.39 Å². The van der Waals surface area contributed by atoms with Gasteiger partial charge in [-0.15, -0.1) is 11.6 Å². The molecule has 1 aromatic heterocycles. The molecule has 1 aromatic carbocycles. The lowest BCUT2D eigenvalue weighted by Crippen LogP contribution is -2.11. The summed E-state index contributed by atoms with van der Waals surface area (Å²) in [5.41, 5.74) is 1.70. The molecular formula is C16H20ClFN2. The van der Waals surface area contributed by atoms with Gasteiger partial charge in [-0.1, -0.05) is 13.3 Å². The number of hydrogen-bond acceptors (Lipinski definition) is 1. The normalized spacial score (nSPS) is 24.4. The zero-order chi connectivity index (χ0) is 14.3. The van der Waals surface area contributed by atoms with Crippen molar-refractivity contribution in [3.8, 4) is 0 Å². The van der Waals surface area contributed by atoms with Gasteiger partial charge in [0.25, 0.3) is 0 Å². The van der Waals surface area contributed by atoms with Crippen LogP contribution in [-0.4, -0.2) is 9.55 Å². The van der Waals surface area contributed by atoms with E-state index in [1.165, 1.54) is 31.4 Å². The summed E-state index contributed by atoms with van der Waals surface area (Å²) in [6.45, 7) is 5.18. The van der Waals surface area contributed by atoms with E-state index < -0.39 is 0 Å². The molecule has 0 N–H and O–H groups in total. The number of imidazole rings is 1. The van der Waals surface area contributed by atoms with Crippen LogP contribution in [0.15, 0.2) is 18.2 Å². The van der Waals surface area contributed by atoms with Crippen molar-refractivity contribution in [1.82, 2.24) is 9.55 Å². The average molecular weight is 295 g/mol. The van der Waals surface area contributed by atoms with Crippen LogP contribution >= 0.6 is 11.6 Å². The predicted octanol–water partition coefficient (Wildman–Crippen LogP) is 4.91. The summed E-state index contributed by atoms with van der Waals surface area (Å²) in [5.74, 6) is 2.10. The summed E-state index contributed by atoms with van der Waals surface area (Å²) < 4.78 is 15.5. The van der Waals surface area contributed by atoms with E-state index >= 15 is 0 Å². The minimum Gasteiger partial charge on any atom is -0.326 e. The summed E-state index contributed by atoms with van der Waals surface area (Å²) in [5, 5.41) is -0.163. The lowest BCUT2D eigenvalue weighted by Gasteiger charge is -2.15. The first-order chi connectivity index (χ1) is 9.54. The molecule has 0 spiro atoms. The molecular weight excluding hydrogens is 275 g/mol. The Morgan fingerprint density at radius 3 is 2.90 bits per heavy atom. The molecule has 0 bridgehead atoms. The monoisotopic (exact) mass is 294 g/mol. The second kappa shape index (κ2) is 5.36. The fourth-order valence-corrected chi connectivity index (χ4v) is 3.53. The van der Waals surface area contributed by atoms with Crippen molar-refractivity contribution >= 4 is 22.6 Å². The Labute approximate surface area is 123 Å². The lowest BCUT2D eigenvalue weighted by molar-refractivity contribution is 0.438. The molecule has 0 radical (unpaired) electrons. The highest BCUT2D eigenvalue weighted by Crippen LogP contribution is 2.34. The molecule has 2 aromatic rings. The molecule has 3 atom stereocenters. The summed E-state index contributed by atoms with van der Waals surface area (Å²) in [4.78, 5) is 4.53. The van der Waals surface area contributed by atoms with Gasteiger partial charge in [-0.2, -0.15) is 0 Å². The Kier molecular flexibility index (Phi) is 3.72. The molecule has 1 aliphatic rings. The Morgan fingerprint density at radius 2 is 2.25 bits per heavy atom. The quantitative estimate of drug-likeness (QED) is 0.735. The first kappa shape index (κ1) is 13.9. The number of halogens is 2. The van der Waals surface area contributed by atoms with E-state index in [-0.39, 0.29) is 11.2 Å². The van der Waals surface area contributed by atoms with Crippen LogP contribution in [0.1, 0.15) is 44.3 Å². The second-order valence-corrected chi connectivity index (χ2v) is 6.77. The van der Waals surface area contributed by atoms with Crippen molar-refractivity contribution in [2.75, 3.05) is 0 Å². The van der Waals surface area contributed by atoms with Crippen LogP contribution in [0.4, 0.5) is 4.39 Å². The highest BCUT2D eigenvalue weighted by atomic mass is 35.5. The van der Waals surface area contributed by atoms with Crippen molar-refractivity contribution in [2.24, 2.45) is 11.8 Å². The molecule has 1 saturated carbocycles. The molecule has 2 nitrogen and oxygen atoms in total. The molecule has 108 valence electrons. The third-order valence-electron chi connectivity index (χ3n) is 4.34. The van der Waals surface area contributed by atoms with Crippen LogP contribution < -0.4 is 0 Å². The van der Waals surface area contributed by atoms with E-state index in [2.05, 4.69) is 16.5 Å². The average Bonchev–Trinajstić information content (AvgIpc) is 2.94. The molecule has 0 amide bonds. The molecule has 1 fully saturated rings. The van der Waals surface area contributed by atoms with E-state index in [0.29, 0.717) is 11.4 Å². The van der Waals surface area contributed by atoms with Crippen LogP contribution in [0.5, 0.6) is 0 Å². The van der Waals surface area contributed by atoms with Crippen LogP contribution in [0.25, 0.3) is 11.0 Å². The van der Waals surface area contributed by atoms with Gasteiger partial charge in [0, 0.05) is 12.6 Å². The molecule has 3 rings (SSSR count). The number of hydrogen-bond donors (Lipinski definition) is 0. The van der Waals surface area contributed by atoms with Gasteiger partial charge in [0.2, 0.25) is 0 Å². The van der Waals surface area contributed by atoms with Gasteiger partial charge in [0.05, 0.1) is 16.4 Å². The fraction of sp³-hybridized carbons (Fsp3) is 0.562. The zero-order valence-corrected chi connectivity index (χ0v) is 12.7. The lowest BCUT2D eigenvalue weighted by atomic mass is 10.1. The van der Waals surface area contributed by atoms with Crippen LogP contribution in [0.2, 0.25) is 0 Å². The third kappa shape index (κ3) is 2.56. The Morgan fingerprint density at radius 1 is 1.45 bits per heavy atom. The van der Waals surface area contributed by atoms with Crippen LogP contribution in [0, 0.1) is 17.7 Å². The summed E-state index contributed by atoms with van der Waals surface area (Å²) in [6.07, 6.45) is 3.83. The van der Waals surface area contributed by atoms with Gasteiger partial charge in [0.15, 0.2) is 0 Å². The highest BCUT2D eigenvalue weighted by molar-refractivity contribution is 6.20. The van der Waals surface area contributed by atoms with Crippen molar-refractivity contribution in [2.45, 2.75) is 45.0 Å². The maximum atomic E-state index is 13.4. The minimum atomic E-state index is -0.245. The summed E-state index contributed by atoms with van der Waals surface area (Å²) in [6, 6.07) is 4.81. The summed E-state index contributed by atoms with van der Waals surface area (Å²) >= 11 is 6.26. The van der Waals surface area contributed by atoms with Crippen molar-refractivity contribution in [3.05, 3.63) is 29.8 Å². The van der Waals surface area contributed by atoms with Gasteiger partial charge in [0.1, 0.15) is 11.6 Å². The number of benzene rings is 1. The molecule has 0 saturated heterocycles. The van der Waals surface area contributed by atoms with E-state index in [1.54, 1.807) is 0 Å². The zero-order valence-electron chi connectivity index (χ0n) is 11.9. The highest BCUT2D eigenvalue weighted by Gasteiger charge is 2.24. The molecule has 1 heterocycles. The smallest absolute Gasteiger partial charge is 0.127 e. The second-order valence-electron chi connectivity index (χ2n) is 6.11. The van der Waals surface area contributed by atoms with Gasteiger partial charge in [-0.3, -0.25) is 0 Å². The molecule has 20 heavy (non-hydrogen) atoms. The molecule has 4 heteroatoms. The first-order valence-corrected chi connectivity index (χ1v) is 7.78. The minimum absolute atomic E-state index is 0.163. The number of nitrogens with zero attached hydrogens (tertiary/aromatic N) is 2. The SMILES string of the molecule is CC1CCC(Cn2c(C(C)Cl)nc3cc(F)ccc32)C1. The molecule has 3 unspecified atom stereocenters. The maximum Gasteiger partial charge on any atom is 0.127 e. The van der Waals surface area contributed by atoms with E-state index in [9.17, 15) is 4.39 Å². The molecule has 1 aliphatic carbocycles. The standard InChI is InChI=1S/C16H20ClFN2/c1-10-3-4-12(7-10)9-20-15-6-5-13(18)8-14(15)19-16(20)11(2)17/h5-6,8,10-12H,3-4,7,9H2,1-2H3. The number of aromatic nitrogens is 2. The predicted molar refractivity (Wildman–Crippen MR) is 80.5 cm³/mol. The van der Waals surface area contributed by atoms with E-state index in [0.717, 1.165) is 23.8 Å². The van der Waals surface area contributed by atoms with Crippen molar-refractivity contribution in [3.63, 3.8) is 0 Å². The van der Waals surface area contributed by atoms with Crippen molar-refractivity contribution in [1.29, 1.82) is 0 Å². The van der Waals surface area contributed by atoms with Gasteiger partial charge in [-0.25, -0.2) is 9.37 Å². The summed E-state index contributed by atoms with van der Waals surface area (Å²) in [7, 11) is 0. The topological polar surface area (TPSA) is 17.8 Å². The van der Waals surface area contributed by atoms with Gasteiger partial charge < -0.3 is 4.57 Å². The Hall–Kier alpha value is -1.09. The van der Waals surface area contributed by atoms with Gasteiger partial charge in [-0.05, 0) is 43.7 Å². The maximum absolute atomic E-state index is 13.4. The van der Waals surface area contributed by atoms with Crippen LogP contribution in [-0.2, 0) is 6.54 Å². The van der Waals surface area contributed by atoms with Crippen LogP contribution in [0.3, 0.4) is 0 Å². The fourth-order valence-electron chi connectivity index (χ4n) is 3.37. The number of rotatable bonds is 3. The first-order valence-electron chi connectivity index (χ1n) is 7.34. The Bertz CT molecular complexity index is 620. The Balaban J connectivity index is 2.00. The number of alkyl halides is 1. The third-order valence-corrected chi connectivity index (χ3v) is 4.53. The molecule has 0 aliphatic heterocycles. The van der Waals surface area contributed by atoms with E-state index in [1.807, 2.05) is 13.0 Å². The largest absolute Gasteiger partial charge is 0.326 e. The van der Waals surface area contributed by atoms with E-state index in [4.69, 9.17) is 11.6 Å². The number of fused-ring (bicyclic) bond motifs is 1. The van der Waals surface area contributed by atoms with Gasteiger partial charge >= 0.3 is 0 Å².